The minimum absolute atomic E-state index is 0.713. The Morgan fingerprint density at radius 1 is 1.62 bits per heavy atom. The summed E-state index contributed by atoms with van der Waals surface area (Å²) in [7, 11) is -3.22. The Labute approximate surface area is 76.8 Å². The number of nitrogens with zero attached hydrogens (tertiary/aromatic N) is 2. The predicted octanol–water partition coefficient (Wildman–Crippen LogP) is -0.664. The number of aromatic nitrogens is 2. The van der Waals surface area contributed by atoms with Crippen LogP contribution < -0.4 is 5.32 Å². The van der Waals surface area contributed by atoms with Gasteiger partial charge in [-0.2, -0.15) is 9.19 Å². The lowest BCUT2D eigenvalue weighted by Crippen LogP contribution is -2.22. The van der Waals surface area contributed by atoms with Crippen molar-refractivity contribution in [3.05, 3.63) is 17.5 Å². The number of rotatable bonds is 1. The molecule has 0 saturated carbocycles. The maximum Gasteiger partial charge on any atom is 0.250 e. The van der Waals surface area contributed by atoms with Gasteiger partial charge in [0.15, 0.2) is 0 Å². The Morgan fingerprint density at radius 3 is 3.00 bits per heavy atom. The summed E-state index contributed by atoms with van der Waals surface area (Å²) < 4.78 is 23.3. The third kappa shape index (κ3) is 1.59. The van der Waals surface area contributed by atoms with Gasteiger partial charge in [0, 0.05) is 31.3 Å². The van der Waals surface area contributed by atoms with Crippen LogP contribution in [0.15, 0.2) is 6.20 Å². The van der Waals surface area contributed by atoms with E-state index in [4.69, 9.17) is 0 Å². The highest BCUT2D eigenvalue weighted by atomic mass is 32.2. The van der Waals surface area contributed by atoms with Crippen LogP contribution in [0.5, 0.6) is 0 Å². The second-order valence-electron chi connectivity index (χ2n) is 3.16. The highest BCUT2D eigenvalue weighted by Gasteiger charge is 2.16. The molecule has 13 heavy (non-hydrogen) atoms. The van der Waals surface area contributed by atoms with E-state index in [0.717, 1.165) is 34.6 Å². The van der Waals surface area contributed by atoms with Gasteiger partial charge in [0.2, 0.25) is 0 Å². The minimum atomic E-state index is -3.22. The van der Waals surface area contributed by atoms with Gasteiger partial charge in [-0.25, -0.2) is 8.42 Å². The predicted molar refractivity (Wildman–Crippen MR) is 47.9 cm³/mol. The van der Waals surface area contributed by atoms with Crippen LogP contribution in [0.4, 0.5) is 0 Å². The average Bonchev–Trinajstić information content (AvgIpc) is 2.45. The molecule has 0 amide bonds. The van der Waals surface area contributed by atoms with Crippen molar-refractivity contribution in [2.24, 2.45) is 0 Å². The Kier molecular flexibility index (Phi) is 1.88. The smallest absolute Gasteiger partial charge is 0.250 e. The van der Waals surface area contributed by atoms with E-state index in [1.54, 1.807) is 6.20 Å². The monoisotopic (exact) mass is 201 g/mol. The maximum atomic E-state index is 11.1. The Balaban J connectivity index is 2.47. The molecule has 0 radical (unpaired) electrons. The molecule has 0 bridgehead atoms. The standard InChI is InChI=1S/C7H11N3O2S/c1-13(11,12)10-5-6-4-8-3-2-7(6)9-10/h5,8H,2-4H2,1H3. The quantitative estimate of drug-likeness (QED) is 0.655. The zero-order valence-electron chi connectivity index (χ0n) is 7.32. The molecule has 0 fully saturated rings. The zero-order chi connectivity index (χ0) is 9.47. The Bertz CT molecular complexity index is 397. The summed E-state index contributed by atoms with van der Waals surface area (Å²) in [4.78, 5) is 0. The van der Waals surface area contributed by atoms with E-state index in [2.05, 4.69) is 10.4 Å². The highest BCUT2D eigenvalue weighted by Crippen LogP contribution is 2.11. The SMILES string of the molecule is CS(=O)(=O)n1cc2c(n1)CCNC2. The Morgan fingerprint density at radius 2 is 2.38 bits per heavy atom. The fourth-order valence-electron chi connectivity index (χ4n) is 1.38. The molecule has 1 N–H and O–H groups in total. The maximum absolute atomic E-state index is 11.1. The fourth-order valence-corrected chi connectivity index (χ4v) is 1.94. The van der Waals surface area contributed by atoms with Crippen molar-refractivity contribution < 1.29 is 8.42 Å². The van der Waals surface area contributed by atoms with E-state index in [9.17, 15) is 8.42 Å². The van der Waals surface area contributed by atoms with Crippen molar-refractivity contribution in [1.29, 1.82) is 0 Å². The molecule has 1 aromatic rings. The molecule has 1 aliphatic rings. The van der Waals surface area contributed by atoms with Crippen LogP contribution in [0.25, 0.3) is 0 Å². The summed E-state index contributed by atoms with van der Waals surface area (Å²) in [5.74, 6) is 0. The summed E-state index contributed by atoms with van der Waals surface area (Å²) in [5.41, 5.74) is 1.88. The molecule has 0 atom stereocenters. The van der Waals surface area contributed by atoms with Gasteiger partial charge in [-0.05, 0) is 0 Å². The van der Waals surface area contributed by atoms with Crippen LogP contribution in [0, 0.1) is 0 Å². The molecule has 5 nitrogen and oxygen atoms in total. The van der Waals surface area contributed by atoms with Crippen LogP contribution in [-0.4, -0.2) is 30.4 Å². The van der Waals surface area contributed by atoms with Crippen molar-refractivity contribution >= 4 is 10.0 Å². The van der Waals surface area contributed by atoms with E-state index in [0.29, 0.717) is 6.54 Å². The van der Waals surface area contributed by atoms with Crippen molar-refractivity contribution in [2.45, 2.75) is 13.0 Å². The first-order chi connectivity index (χ1) is 6.07. The van der Waals surface area contributed by atoms with Crippen LogP contribution in [0.2, 0.25) is 0 Å². The second kappa shape index (κ2) is 2.81. The van der Waals surface area contributed by atoms with E-state index in [1.807, 2.05) is 0 Å². The molecule has 0 aliphatic carbocycles. The van der Waals surface area contributed by atoms with Crippen molar-refractivity contribution in [1.82, 2.24) is 14.5 Å². The van der Waals surface area contributed by atoms with Gasteiger partial charge in [-0.3, -0.25) is 0 Å². The summed E-state index contributed by atoms with van der Waals surface area (Å²) in [5, 5.41) is 7.17. The summed E-state index contributed by atoms with van der Waals surface area (Å²) >= 11 is 0. The van der Waals surface area contributed by atoms with E-state index >= 15 is 0 Å². The largest absolute Gasteiger partial charge is 0.312 e. The van der Waals surface area contributed by atoms with Crippen LogP contribution in [0.1, 0.15) is 11.3 Å². The van der Waals surface area contributed by atoms with Gasteiger partial charge in [-0.15, -0.1) is 0 Å². The molecule has 72 valence electrons. The van der Waals surface area contributed by atoms with Crippen LogP contribution in [-0.2, 0) is 23.0 Å². The molecule has 0 saturated heterocycles. The number of nitrogens with one attached hydrogen (secondary N) is 1. The topological polar surface area (TPSA) is 64.0 Å². The highest BCUT2D eigenvalue weighted by molar-refractivity contribution is 7.89. The minimum Gasteiger partial charge on any atom is -0.312 e. The van der Waals surface area contributed by atoms with Crippen LogP contribution in [0.3, 0.4) is 0 Å². The first-order valence-corrected chi connectivity index (χ1v) is 5.91. The molecule has 0 spiro atoms. The average molecular weight is 201 g/mol. The molecular formula is C7H11N3O2S. The van der Waals surface area contributed by atoms with Gasteiger partial charge < -0.3 is 5.32 Å². The first-order valence-electron chi connectivity index (χ1n) is 4.06. The first kappa shape index (κ1) is 8.71. The molecule has 0 aromatic carbocycles. The lowest BCUT2D eigenvalue weighted by Gasteiger charge is -2.09. The van der Waals surface area contributed by atoms with Crippen molar-refractivity contribution in [3.8, 4) is 0 Å². The van der Waals surface area contributed by atoms with Crippen LogP contribution >= 0.6 is 0 Å². The second-order valence-corrected chi connectivity index (χ2v) is 5.00. The summed E-state index contributed by atoms with van der Waals surface area (Å²) in [6, 6.07) is 0. The number of hydrogen-bond donors (Lipinski definition) is 1. The van der Waals surface area contributed by atoms with Crippen molar-refractivity contribution in [2.75, 3.05) is 12.8 Å². The van der Waals surface area contributed by atoms with E-state index < -0.39 is 10.0 Å². The zero-order valence-corrected chi connectivity index (χ0v) is 8.13. The lowest BCUT2D eigenvalue weighted by molar-refractivity contribution is 0.585. The Hall–Kier alpha value is -0.880. The van der Waals surface area contributed by atoms with Gasteiger partial charge in [0.05, 0.1) is 11.9 Å². The number of hydrogen-bond acceptors (Lipinski definition) is 4. The third-order valence-electron chi connectivity index (χ3n) is 2.05. The molecule has 1 aromatic heterocycles. The molecule has 6 heteroatoms. The van der Waals surface area contributed by atoms with E-state index in [-0.39, 0.29) is 0 Å². The summed E-state index contributed by atoms with van der Waals surface area (Å²) in [6.07, 6.45) is 3.54. The molecular weight excluding hydrogens is 190 g/mol. The van der Waals surface area contributed by atoms with Gasteiger partial charge in [0.1, 0.15) is 0 Å². The third-order valence-corrected chi connectivity index (χ3v) is 2.92. The van der Waals surface area contributed by atoms with E-state index in [1.165, 1.54) is 0 Å². The number of fused-ring (bicyclic) bond motifs is 1. The van der Waals surface area contributed by atoms with Gasteiger partial charge in [0.25, 0.3) is 10.0 Å². The molecule has 1 aliphatic heterocycles. The van der Waals surface area contributed by atoms with Gasteiger partial charge in [-0.1, -0.05) is 0 Å². The summed E-state index contributed by atoms with van der Waals surface area (Å²) in [6.45, 7) is 1.58. The lowest BCUT2D eigenvalue weighted by atomic mass is 10.1. The molecule has 0 unspecified atom stereocenters. The van der Waals surface area contributed by atoms with Crippen molar-refractivity contribution in [3.63, 3.8) is 0 Å². The molecule has 2 rings (SSSR count). The normalized spacial score (nSPS) is 17.0. The van der Waals surface area contributed by atoms with Gasteiger partial charge >= 0.3 is 0 Å². The fraction of sp³-hybridized carbons (Fsp3) is 0.571. The molecule has 2 heterocycles.